The highest BCUT2D eigenvalue weighted by Crippen LogP contribution is 2.44. The van der Waals surface area contributed by atoms with E-state index in [1.807, 2.05) is 0 Å². The SMILES string of the molecule is CC1(C)SCCN(S(=O)(=O)c2ccc(-c3ccc(F)cc3)cc2)[C@@]1(NO)C(=O)O. The van der Waals surface area contributed by atoms with Crippen molar-refractivity contribution in [2.24, 2.45) is 0 Å². The van der Waals surface area contributed by atoms with Gasteiger partial charge >= 0.3 is 5.97 Å². The van der Waals surface area contributed by atoms with Crippen molar-refractivity contribution in [3.8, 4) is 11.1 Å². The van der Waals surface area contributed by atoms with Crippen molar-refractivity contribution in [2.45, 2.75) is 29.2 Å². The molecule has 156 valence electrons. The number of nitrogens with zero attached hydrogens (tertiary/aromatic N) is 1. The number of hydroxylamine groups is 1. The van der Waals surface area contributed by atoms with Crippen molar-refractivity contribution in [1.29, 1.82) is 0 Å². The zero-order chi connectivity index (χ0) is 21.4. The third-order valence-electron chi connectivity index (χ3n) is 5.09. The Balaban J connectivity index is 2.03. The maximum Gasteiger partial charge on any atom is 0.343 e. The second-order valence-electron chi connectivity index (χ2n) is 7.09. The molecular weight excluding hydrogens is 419 g/mol. The highest BCUT2D eigenvalue weighted by Gasteiger charge is 2.62. The van der Waals surface area contributed by atoms with Gasteiger partial charge in [0.25, 0.3) is 0 Å². The number of halogens is 1. The Hall–Kier alpha value is -1.98. The van der Waals surface area contributed by atoms with Crippen LogP contribution >= 0.6 is 11.8 Å². The Morgan fingerprint density at radius 3 is 2.10 bits per heavy atom. The van der Waals surface area contributed by atoms with E-state index in [0.29, 0.717) is 16.9 Å². The van der Waals surface area contributed by atoms with Crippen molar-refractivity contribution in [3.05, 3.63) is 54.3 Å². The fourth-order valence-corrected chi connectivity index (χ4v) is 6.63. The monoisotopic (exact) mass is 440 g/mol. The van der Waals surface area contributed by atoms with Gasteiger partial charge in [-0.3, -0.25) is 0 Å². The molecule has 0 aliphatic carbocycles. The van der Waals surface area contributed by atoms with Crippen molar-refractivity contribution in [3.63, 3.8) is 0 Å². The summed E-state index contributed by atoms with van der Waals surface area (Å²) in [4.78, 5) is 12.0. The molecule has 1 aliphatic rings. The number of hydrogen-bond acceptors (Lipinski definition) is 6. The Bertz CT molecular complexity index is 1010. The van der Waals surface area contributed by atoms with Crippen molar-refractivity contribution >= 4 is 27.8 Å². The van der Waals surface area contributed by atoms with Crippen molar-refractivity contribution in [1.82, 2.24) is 9.79 Å². The third kappa shape index (κ3) is 3.55. The zero-order valence-corrected chi connectivity index (χ0v) is 17.4. The quantitative estimate of drug-likeness (QED) is 0.614. The van der Waals surface area contributed by atoms with E-state index in [-0.39, 0.29) is 17.3 Å². The maximum absolute atomic E-state index is 13.3. The standard InChI is InChI=1S/C19H21FN2O5S2/c1-18(2)19(21-25,17(23)24)22(11-12-28-18)29(26,27)16-9-5-14(6-10-16)13-3-7-15(20)8-4-13/h3-10,21,25H,11-12H2,1-2H3,(H,23,24)/t19-/m0/s1. The molecule has 10 heteroatoms. The zero-order valence-electron chi connectivity index (χ0n) is 15.8. The molecule has 0 spiro atoms. The van der Waals surface area contributed by atoms with Gasteiger partial charge in [0.1, 0.15) is 5.82 Å². The first-order chi connectivity index (χ1) is 13.6. The first-order valence-corrected chi connectivity index (χ1v) is 11.2. The van der Waals surface area contributed by atoms with Crippen molar-refractivity contribution < 1.29 is 27.9 Å². The number of benzene rings is 2. The van der Waals surface area contributed by atoms with Crippen molar-refractivity contribution in [2.75, 3.05) is 12.3 Å². The van der Waals surface area contributed by atoms with E-state index in [0.717, 1.165) is 4.31 Å². The van der Waals surface area contributed by atoms with Gasteiger partial charge in [-0.1, -0.05) is 24.3 Å². The number of rotatable bonds is 5. The minimum atomic E-state index is -4.25. The molecule has 1 heterocycles. The van der Waals surface area contributed by atoms with Gasteiger partial charge in [-0.15, -0.1) is 0 Å². The second-order valence-corrected chi connectivity index (χ2v) is 10.7. The van der Waals surface area contributed by atoms with Gasteiger partial charge in [-0.2, -0.15) is 21.5 Å². The first-order valence-electron chi connectivity index (χ1n) is 8.74. The number of nitrogens with one attached hydrogen (secondary N) is 1. The Labute approximate surface area is 172 Å². The molecule has 3 rings (SSSR count). The van der Waals surface area contributed by atoms with E-state index in [4.69, 9.17) is 0 Å². The average molecular weight is 441 g/mol. The number of carboxylic acid groups (broad SMARTS) is 1. The van der Waals surface area contributed by atoms with Gasteiger partial charge in [-0.25, -0.2) is 17.6 Å². The lowest BCUT2D eigenvalue weighted by molar-refractivity contribution is -0.161. The highest BCUT2D eigenvalue weighted by molar-refractivity contribution is 8.01. The summed E-state index contributed by atoms with van der Waals surface area (Å²) < 4.78 is 39.4. The summed E-state index contributed by atoms with van der Waals surface area (Å²) in [6.07, 6.45) is 0. The van der Waals surface area contributed by atoms with Gasteiger partial charge in [0.2, 0.25) is 15.7 Å². The summed E-state index contributed by atoms with van der Waals surface area (Å²) in [7, 11) is -4.25. The molecule has 3 N–H and O–H groups in total. The van der Waals surface area contributed by atoms with Gasteiger partial charge in [0.15, 0.2) is 0 Å². The Morgan fingerprint density at radius 1 is 1.10 bits per heavy atom. The lowest BCUT2D eigenvalue weighted by Crippen LogP contribution is -2.75. The summed E-state index contributed by atoms with van der Waals surface area (Å²) in [5.74, 6) is -1.50. The van der Waals surface area contributed by atoms with E-state index < -0.39 is 26.4 Å². The largest absolute Gasteiger partial charge is 0.479 e. The molecule has 0 unspecified atom stereocenters. The van der Waals surface area contributed by atoms with E-state index in [1.165, 1.54) is 36.0 Å². The van der Waals surface area contributed by atoms with E-state index in [1.54, 1.807) is 43.6 Å². The predicted octanol–water partition coefficient (Wildman–Crippen LogP) is 2.77. The van der Waals surface area contributed by atoms with Crippen LogP contribution in [0.5, 0.6) is 0 Å². The van der Waals surface area contributed by atoms with Crippen LogP contribution in [0.3, 0.4) is 0 Å². The number of aliphatic carboxylic acids is 1. The molecule has 1 fully saturated rings. The smallest absolute Gasteiger partial charge is 0.343 e. The van der Waals surface area contributed by atoms with E-state index in [2.05, 4.69) is 0 Å². The minimum absolute atomic E-state index is 0.0873. The number of carboxylic acids is 1. The summed E-state index contributed by atoms with van der Waals surface area (Å²) in [6, 6.07) is 11.6. The Morgan fingerprint density at radius 2 is 1.62 bits per heavy atom. The third-order valence-corrected chi connectivity index (χ3v) is 8.40. The maximum atomic E-state index is 13.3. The number of carbonyl (C=O) groups is 1. The second kappa shape index (κ2) is 7.69. The molecule has 29 heavy (non-hydrogen) atoms. The first kappa shape index (κ1) is 21.7. The predicted molar refractivity (Wildman–Crippen MR) is 108 cm³/mol. The normalized spacial score (nSPS) is 22.3. The van der Waals surface area contributed by atoms with Gasteiger partial charge in [0, 0.05) is 12.3 Å². The van der Waals surface area contributed by atoms with Crippen LogP contribution in [-0.2, 0) is 14.8 Å². The van der Waals surface area contributed by atoms with Crippen LogP contribution in [0.25, 0.3) is 11.1 Å². The van der Waals surface area contributed by atoms with Gasteiger partial charge < -0.3 is 10.3 Å². The van der Waals surface area contributed by atoms with Crippen LogP contribution in [0, 0.1) is 5.82 Å². The topological polar surface area (TPSA) is 107 Å². The lowest BCUT2D eigenvalue weighted by atomic mass is 9.95. The summed E-state index contributed by atoms with van der Waals surface area (Å²) in [5, 5.41) is 19.6. The van der Waals surface area contributed by atoms with Crippen LogP contribution < -0.4 is 5.48 Å². The Kier molecular flexibility index (Phi) is 5.76. The average Bonchev–Trinajstić information content (AvgIpc) is 2.67. The molecule has 1 aliphatic heterocycles. The number of thioether (sulfide) groups is 1. The molecule has 1 saturated heterocycles. The molecule has 0 saturated carbocycles. The molecular formula is C19H21FN2O5S2. The lowest BCUT2D eigenvalue weighted by Gasteiger charge is -2.50. The fourth-order valence-electron chi connectivity index (χ4n) is 3.45. The molecule has 0 amide bonds. The van der Waals surface area contributed by atoms with E-state index >= 15 is 0 Å². The van der Waals surface area contributed by atoms with Gasteiger partial charge in [-0.05, 0) is 49.2 Å². The van der Waals surface area contributed by atoms with Crippen LogP contribution in [0.2, 0.25) is 0 Å². The molecule has 0 radical (unpaired) electrons. The van der Waals surface area contributed by atoms with Crippen LogP contribution in [-0.4, -0.2) is 51.7 Å². The van der Waals surface area contributed by atoms with Crippen LogP contribution in [0.4, 0.5) is 4.39 Å². The van der Waals surface area contributed by atoms with Gasteiger partial charge in [0.05, 0.1) is 9.64 Å². The molecule has 0 aromatic heterocycles. The minimum Gasteiger partial charge on any atom is -0.479 e. The molecule has 1 atom stereocenters. The van der Waals surface area contributed by atoms with Crippen LogP contribution in [0.1, 0.15) is 13.8 Å². The fraction of sp³-hybridized carbons (Fsp3) is 0.316. The molecule has 0 bridgehead atoms. The number of sulfonamides is 1. The summed E-state index contributed by atoms with van der Waals surface area (Å²) >= 11 is 1.26. The molecule has 2 aromatic carbocycles. The summed E-state index contributed by atoms with van der Waals surface area (Å²) in [5.41, 5.74) is 0.929. The molecule has 7 nitrogen and oxygen atoms in total. The summed E-state index contributed by atoms with van der Waals surface area (Å²) in [6.45, 7) is 3.04. The van der Waals surface area contributed by atoms with Crippen LogP contribution in [0.15, 0.2) is 53.4 Å². The highest BCUT2D eigenvalue weighted by atomic mass is 32.2. The van der Waals surface area contributed by atoms with E-state index in [9.17, 15) is 27.9 Å². The molecule has 2 aromatic rings. The number of hydrogen-bond donors (Lipinski definition) is 3.